The summed E-state index contributed by atoms with van der Waals surface area (Å²) < 4.78 is 0. The van der Waals surface area contributed by atoms with E-state index in [1.807, 2.05) is 6.07 Å². The summed E-state index contributed by atoms with van der Waals surface area (Å²) in [4.78, 5) is 0. The minimum absolute atomic E-state index is 0.482. The Kier molecular flexibility index (Phi) is 3.66. The van der Waals surface area contributed by atoms with Gasteiger partial charge in [-0.3, -0.25) is 0 Å². The van der Waals surface area contributed by atoms with E-state index in [0.717, 1.165) is 11.1 Å². The first-order valence-electron chi connectivity index (χ1n) is 4.49. The molecule has 0 aromatic heterocycles. The van der Waals surface area contributed by atoms with E-state index in [2.05, 4.69) is 0 Å². The van der Waals surface area contributed by atoms with Gasteiger partial charge in [0.1, 0.15) is 0 Å². The molecular formula is C12H6Cl4. The van der Waals surface area contributed by atoms with Crippen LogP contribution in [0.4, 0.5) is 0 Å². The zero-order valence-corrected chi connectivity index (χ0v) is 11.0. The van der Waals surface area contributed by atoms with Gasteiger partial charge >= 0.3 is 0 Å². The highest BCUT2D eigenvalue weighted by molar-refractivity contribution is 6.42. The SMILES string of the molecule is Clc1ccc(-c2c(Cl)cccc2Cl)cc1Cl. The summed E-state index contributed by atoms with van der Waals surface area (Å²) in [6.07, 6.45) is 0. The van der Waals surface area contributed by atoms with Gasteiger partial charge in [-0.2, -0.15) is 0 Å². The zero-order chi connectivity index (χ0) is 11.7. The molecule has 82 valence electrons. The average molecular weight is 292 g/mol. The van der Waals surface area contributed by atoms with Crippen LogP contribution in [0, 0.1) is 0 Å². The van der Waals surface area contributed by atoms with Crippen LogP contribution >= 0.6 is 46.4 Å². The molecule has 0 aliphatic rings. The quantitative estimate of drug-likeness (QED) is 0.607. The maximum Gasteiger partial charge on any atom is 0.0598 e. The minimum atomic E-state index is 0.482. The highest BCUT2D eigenvalue weighted by Crippen LogP contribution is 2.37. The summed E-state index contributed by atoms with van der Waals surface area (Å²) in [5, 5.41) is 2.17. The standard InChI is InChI=1S/C12H6Cl4/c13-8-5-4-7(6-11(8)16)12-9(14)2-1-3-10(12)15/h1-6H. The number of benzene rings is 2. The molecule has 2 rings (SSSR count). The first-order chi connectivity index (χ1) is 7.59. The molecule has 0 radical (unpaired) electrons. The molecule has 0 unspecified atom stereocenters. The number of rotatable bonds is 1. The lowest BCUT2D eigenvalue weighted by atomic mass is 10.1. The fourth-order valence-corrected chi connectivity index (χ4v) is 2.34. The van der Waals surface area contributed by atoms with Gasteiger partial charge in [-0.1, -0.05) is 58.5 Å². The minimum Gasteiger partial charge on any atom is -0.0836 e. The number of halogens is 4. The van der Waals surface area contributed by atoms with Gasteiger partial charge in [-0.15, -0.1) is 0 Å². The summed E-state index contributed by atoms with van der Waals surface area (Å²) in [6.45, 7) is 0. The van der Waals surface area contributed by atoms with Crippen molar-refractivity contribution in [1.82, 2.24) is 0 Å². The van der Waals surface area contributed by atoms with Crippen molar-refractivity contribution < 1.29 is 0 Å². The van der Waals surface area contributed by atoms with Crippen molar-refractivity contribution in [2.24, 2.45) is 0 Å². The van der Waals surface area contributed by atoms with Crippen molar-refractivity contribution in [2.45, 2.75) is 0 Å². The van der Waals surface area contributed by atoms with Crippen LogP contribution in [0.1, 0.15) is 0 Å². The van der Waals surface area contributed by atoms with Crippen LogP contribution in [0.15, 0.2) is 36.4 Å². The van der Waals surface area contributed by atoms with Crippen molar-refractivity contribution >= 4 is 46.4 Å². The largest absolute Gasteiger partial charge is 0.0836 e. The molecule has 0 saturated heterocycles. The predicted octanol–water partition coefficient (Wildman–Crippen LogP) is 5.97. The highest BCUT2D eigenvalue weighted by Gasteiger charge is 2.09. The molecule has 2 aromatic rings. The van der Waals surface area contributed by atoms with E-state index in [0.29, 0.717) is 20.1 Å². The van der Waals surface area contributed by atoms with Crippen LogP contribution in [-0.4, -0.2) is 0 Å². The Morgan fingerprint density at radius 2 is 1.25 bits per heavy atom. The van der Waals surface area contributed by atoms with E-state index in [-0.39, 0.29) is 0 Å². The maximum absolute atomic E-state index is 6.10. The number of hydrogen-bond donors (Lipinski definition) is 0. The Morgan fingerprint density at radius 1 is 0.625 bits per heavy atom. The Morgan fingerprint density at radius 3 is 1.81 bits per heavy atom. The van der Waals surface area contributed by atoms with Crippen LogP contribution in [0.25, 0.3) is 11.1 Å². The van der Waals surface area contributed by atoms with Crippen LogP contribution in [0.2, 0.25) is 20.1 Å². The second-order valence-electron chi connectivity index (χ2n) is 3.23. The summed E-state index contributed by atoms with van der Waals surface area (Å²) in [6, 6.07) is 10.7. The van der Waals surface area contributed by atoms with Crippen LogP contribution in [-0.2, 0) is 0 Å². The molecular weight excluding hydrogens is 286 g/mol. The van der Waals surface area contributed by atoms with E-state index >= 15 is 0 Å². The van der Waals surface area contributed by atoms with Crippen molar-refractivity contribution in [1.29, 1.82) is 0 Å². The molecule has 0 atom stereocenters. The van der Waals surface area contributed by atoms with Gasteiger partial charge < -0.3 is 0 Å². The van der Waals surface area contributed by atoms with Crippen molar-refractivity contribution in [3.05, 3.63) is 56.5 Å². The molecule has 0 fully saturated rings. The summed E-state index contributed by atoms with van der Waals surface area (Å²) in [5.41, 5.74) is 1.62. The van der Waals surface area contributed by atoms with Crippen molar-refractivity contribution in [2.75, 3.05) is 0 Å². The lowest BCUT2D eigenvalue weighted by molar-refractivity contribution is 1.61. The molecule has 0 heterocycles. The van der Waals surface area contributed by atoms with Gasteiger partial charge in [0.05, 0.1) is 10.0 Å². The summed E-state index contributed by atoms with van der Waals surface area (Å²) >= 11 is 24.0. The zero-order valence-electron chi connectivity index (χ0n) is 7.98. The molecule has 4 heteroatoms. The van der Waals surface area contributed by atoms with E-state index in [4.69, 9.17) is 46.4 Å². The number of hydrogen-bond acceptors (Lipinski definition) is 0. The van der Waals surface area contributed by atoms with Gasteiger partial charge in [-0.25, -0.2) is 0 Å². The summed E-state index contributed by atoms with van der Waals surface area (Å²) in [5.74, 6) is 0. The Balaban J connectivity index is 2.63. The molecule has 16 heavy (non-hydrogen) atoms. The van der Waals surface area contributed by atoms with Crippen molar-refractivity contribution in [3.63, 3.8) is 0 Å². The fourth-order valence-electron chi connectivity index (χ4n) is 1.43. The van der Waals surface area contributed by atoms with Crippen LogP contribution in [0.3, 0.4) is 0 Å². The van der Waals surface area contributed by atoms with E-state index < -0.39 is 0 Å². The van der Waals surface area contributed by atoms with E-state index in [1.165, 1.54) is 0 Å². The molecule has 0 nitrogen and oxygen atoms in total. The molecule has 0 saturated carbocycles. The van der Waals surface area contributed by atoms with Gasteiger partial charge in [0, 0.05) is 15.6 Å². The molecule has 0 amide bonds. The Bertz CT molecular complexity index is 514. The average Bonchev–Trinajstić information content (AvgIpc) is 2.23. The van der Waals surface area contributed by atoms with Gasteiger partial charge in [-0.05, 0) is 29.8 Å². The van der Waals surface area contributed by atoms with E-state index in [9.17, 15) is 0 Å². The Labute approximate surface area is 114 Å². The fraction of sp³-hybridized carbons (Fsp3) is 0. The highest BCUT2D eigenvalue weighted by atomic mass is 35.5. The topological polar surface area (TPSA) is 0 Å². The molecule has 0 N–H and O–H groups in total. The monoisotopic (exact) mass is 290 g/mol. The lowest BCUT2D eigenvalue weighted by Gasteiger charge is -2.07. The maximum atomic E-state index is 6.10. The smallest absolute Gasteiger partial charge is 0.0598 e. The van der Waals surface area contributed by atoms with Crippen molar-refractivity contribution in [3.8, 4) is 11.1 Å². The third-order valence-corrected chi connectivity index (χ3v) is 3.54. The van der Waals surface area contributed by atoms with Crippen LogP contribution < -0.4 is 0 Å². The Hall–Kier alpha value is -0.400. The van der Waals surface area contributed by atoms with Gasteiger partial charge in [0.15, 0.2) is 0 Å². The first-order valence-corrected chi connectivity index (χ1v) is 6.00. The van der Waals surface area contributed by atoms with Gasteiger partial charge in [0.2, 0.25) is 0 Å². The molecule has 0 aliphatic carbocycles. The lowest BCUT2D eigenvalue weighted by Crippen LogP contribution is -1.82. The third-order valence-electron chi connectivity index (χ3n) is 2.17. The predicted molar refractivity (Wildman–Crippen MR) is 71.9 cm³/mol. The second kappa shape index (κ2) is 4.85. The summed E-state index contributed by atoms with van der Waals surface area (Å²) in [7, 11) is 0. The molecule has 0 spiro atoms. The molecule has 2 aromatic carbocycles. The van der Waals surface area contributed by atoms with E-state index in [1.54, 1.807) is 30.3 Å². The second-order valence-corrected chi connectivity index (χ2v) is 4.85. The third kappa shape index (κ3) is 2.31. The first kappa shape index (κ1) is 12.1. The molecule has 0 aliphatic heterocycles. The normalized spacial score (nSPS) is 10.5. The van der Waals surface area contributed by atoms with Gasteiger partial charge in [0.25, 0.3) is 0 Å². The van der Waals surface area contributed by atoms with Crippen LogP contribution in [0.5, 0.6) is 0 Å². The molecule has 0 bridgehead atoms.